The van der Waals surface area contributed by atoms with Crippen LogP contribution in [0.3, 0.4) is 0 Å². The second-order valence-corrected chi connectivity index (χ2v) is 5.64. The molecule has 1 amide bonds. The van der Waals surface area contributed by atoms with Crippen LogP contribution in [0.25, 0.3) is 0 Å². The van der Waals surface area contributed by atoms with E-state index >= 15 is 0 Å². The van der Waals surface area contributed by atoms with Gasteiger partial charge in [-0.3, -0.25) is 14.9 Å². The zero-order valence-electron chi connectivity index (χ0n) is 12.8. The van der Waals surface area contributed by atoms with Crippen molar-refractivity contribution >= 4 is 23.2 Å². The summed E-state index contributed by atoms with van der Waals surface area (Å²) in [5.41, 5.74) is 5.97. The number of benzene rings is 1. The van der Waals surface area contributed by atoms with Crippen molar-refractivity contribution < 1.29 is 9.72 Å². The van der Waals surface area contributed by atoms with Crippen molar-refractivity contribution in [1.82, 2.24) is 4.90 Å². The number of carbonyl (C=O) groups is 1. The summed E-state index contributed by atoms with van der Waals surface area (Å²) in [7, 11) is 1.68. The lowest BCUT2D eigenvalue weighted by atomic mass is 10.1. The molecule has 0 spiro atoms. The molecule has 0 saturated carbocycles. The summed E-state index contributed by atoms with van der Waals surface area (Å²) < 4.78 is 0. The van der Waals surface area contributed by atoms with Gasteiger partial charge in [0.15, 0.2) is 0 Å². The van der Waals surface area contributed by atoms with Crippen LogP contribution in [-0.4, -0.2) is 29.3 Å². The molecule has 0 heterocycles. The highest BCUT2D eigenvalue weighted by Crippen LogP contribution is 2.23. The average molecular weight is 328 g/mol. The lowest BCUT2D eigenvalue weighted by Gasteiger charge is -2.18. The summed E-state index contributed by atoms with van der Waals surface area (Å²) in [6.45, 7) is 0.946. The van der Waals surface area contributed by atoms with E-state index in [9.17, 15) is 14.9 Å². The quantitative estimate of drug-likeness (QED) is 0.428. The predicted octanol–water partition coefficient (Wildman–Crippen LogP) is 3.12. The Morgan fingerprint density at radius 3 is 2.64 bits per heavy atom. The van der Waals surface area contributed by atoms with Crippen LogP contribution in [0.15, 0.2) is 18.2 Å². The van der Waals surface area contributed by atoms with Crippen molar-refractivity contribution in [3.05, 3.63) is 38.9 Å². The largest absolute Gasteiger partial charge is 0.341 e. The summed E-state index contributed by atoms with van der Waals surface area (Å²) >= 11 is 6.04. The highest BCUT2D eigenvalue weighted by molar-refractivity contribution is 6.31. The number of nitrogens with two attached hydrogens (primary N) is 1. The third-order valence-corrected chi connectivity index (χ3v) is 3.79. The minimum atomic E-state index is -0.473. The number of unbranched alkanes of at least 4 members (excludes halogenated alkanes) is 3. The fraction of sp³-hybridized carbons (Fsp3) is 0.533. The van der Waals surface area contributed by atoms with Crippen LogP contribution in [-0.2, 0) is 11.3 Å². The van der Waals surface area contributed by atoms with Gasteiger partial charge >= 0.3 is 0 Å². The molecule has 0 aliphatic carbocycles. The fourth-order valence-corrected chi connectivity index (χ4v) is 2.28. The van der Waals surface area contributed by atoms with Crippen LogP contribution in [0.4, 0.5) is 5.69 Å². The third-order valence-electron chi connectivity index (χ3n) is 3.42. The zero-order valence-corrected chi connectivity index (χ0v) is 13.5. The smallest absolute Gasteiger partial charge is 0.269 e. The van der Waals surface area contributed by atoms with Crippen molar-refractivity contribution in [1.29, 1.82) is 0 Å². The Balaban J connectivity index is 2.53. The SMILES string of the molecule is CN(Cc1cc([N+](=O)[O-])ccc1Cl)C(=O)CCCCCCN. The van der Waals surface area contributed by atoms with E-state index in [2.05, 4.69) is 0 Å². The molecule has 0 saturated heterocycles. The zero-order chi connectivity index (χ0) is 16.5. The minimum Gasteiger partial charge on any atom is -0.341 e. The summed E-state index contributed by atoms with van der Waals surface area (Å²) in [6, 6.07) is 4.25. The highest BCUT2D eigenvalue weighted by atomic mass is 35.5. The van der Waals surface area contributed by atoms with Gasteiger partial charge in [-0.25, -0.2) is 0 Å². The Morgan fingerprint density at radius 1 is 1.32 bits per heavy atom. The first kappa shape index (κ1) is 18.4. The summed E-state index contributed by atoms with van der Waals surface area (Å²) in [4.78, 5) is 23.9. The van der Waals surface area contributed by atoms with Crippen LogP contribution < -0.4 is 5.73 Å². The number of carbonyl (C=O) groups excluding carboxylic acids is 1. The van der Waals surface area contributed by atoms with Crippen molar-refractivity contribution in [2.24, 2.45) is 5.73 Å². The molecule has 0 atom stereocenters. The van der Waals surface area contributed by atoms with Crippen molar-refractivity contribution in [2.45, 2.75) is 38.6 Å². The van der Waals surface area contributed by atoms with Crippen molar-refractivity contribution in [2.75, 3.05) is 13.6 Å². The van der Waals surface area contributed by atoms with Gasteiger partial charge in [0, 0.05) is 37.2 Å². The van der Waals surface area contributed by atoms with Crippen molar-refractivity contribution in [3.63, 3.8) is 0 Å². The van der Waals surface area contributed by atoms with E-state index in [0.29, 0.717) is 23.6 Å². The van der Waals surface area contributed by atoms with Crippen LogP contribution in [0, 0.1) is 10.1 Å². The minimum absolute atomic E-state index is 0.00956. The molecule has 0 aliphatic rings. The first-order valence-electron chi connectivity index (χ1n) is 7.32. The number of nitrogens with zero attached hydrogens (tertiary/aromatic N) is 2. The lowest BCUT2D eigenvalue weighted by molar-refractivity contribution is -0.384. The summed E-state index contributed by atoms with van der Waals surface area (Å²) in [6.07, 6.45) is 4.28. The van der Waals surface area contributed by atoms with Gasteiger partial charge in [0.1, 0.15) is 0 Å². The van der Waals surface area contributed by atoms with Gasteiger partial charge in [0.2, 0.25) is 5.91 Å². The Labute approximate surface area is 135 Å². The molecule has 1 rings (SSSR count). The number of nitro groups is 1. The molecule has 0 radical (unpaired) electrons. The molecule has 2 N–H and O–H groups in total. The van der Waals surface area contributed by atoms with E-state index in [-0.39, 0.29) is 18.1 Å². The number of non-ortho nitro benzene ring substituents is 1. The third kappa shape index (κ3) is 5.99. The Kier molecular flexibility index (Phi) is 7.84. The molecule has 0 bridgehead atoms. The predicted molar refractivity (Wildman–Crippen MR) is 86.7 cm³/mol. The average Bonchev–Trinajstić information content (AvgIpc) is 2.48. The second kappa shape index (κ2) is 9.38. The highest BCUT2D eigenvalue weighted by Gasteiger charge is 2.14. The molecular weight excluding hydrogens is 306 g/mol. The topological polar surface area (TPSA) is 89.5 Å². The van der Waals surface area contributed by atoms with Gasteiger partial charge in [-0.1, -0.05) is 24.4 Å². The summed E-state index contributed by atoms with van der Waals surface area (Å²) in [5, 5.41) is 11.2. The molecule has 122 valence electrons. The van der Waals surface area contributed by atoms with E-state index in [4.69, 9.17) is 17.3 Å². The molecule has 6 nitrogen and oxygen atoms in total. The molecule has 7 heteroatoms. The first-order valence-corrected chi connectivity index (χ1v) is 7.70. The Hall–Kier alpha value is -1.66. The van der Waals surface area contributed by atoms with E-state index in [0.717, 1.165) is 25.7 Å². The van der Waals surface area contributed by atoms with Crippen LogP contribution in [0.2, 0.25) is 5.02 Å². The van der Waals surface area contributed by atoms with Crippen molar-refractivity contribution in [3.8, 4) is 0 Å². The lowest BCUT2D eigenvalue weighted by Crippen LogP contribution is -2.26. The molecule has 0 fully saturated rings. The van der Waals surface area contributed by atoms with Crippen LogP contribution in [0.1, 0.15) is 37.7 Å². The molecular formula is C15H22ClN3O3. The number of halogens is 1. The number of nitro benzene ring substituents is 1. The number of amides is 1. The monoisotopic (exact) mass is 327 g/mol. The van der Waals surface area contributed by atoms with E-state index in [1.54, 1.807) is 11.9 Å². The number of rotatable bonds is 9. The van der Waals surface area contributed by atoms with E-state index in [1.807, 2.05) is 0 Å². The standard InChI is InChI=1S/C15H22ClN3O3/c1-18(15(20)6-4-2-3-5-9-17)11-12-10-13(19(21)22)7-8-14(12)16/h7-8,10H,2-6,9,11,17H2,1H3. The second-order valence-electron chi connectivity index (χ2n) is 5.24. The van der Waals surface area contributed by atoms with Gasteiger partial charge in [0.05, 0.1) is 4.92 Å². The molecule has 0 aliphatic heterocycles. The maximum absolute atomic E-state index is 12.0. The van der Waals surface area contributed by atoms with Gasteiger partial charge in [-0.15, -0.1) is 0 Å². The Morgan fingerprint density at radius 2 is 2.00 bits per heavy atom. The maximum atomic E-state index is 12.0. The van der Waals surface area contributed by atoms with Gasteiger partial charge in [-0.05, 0) is 31.0 Å². The van der Waals surface area contributed by atoms with Gasteiger partial charge in [-0.2, -0.15) is 0 Å². The van der Waals surface area contributed by atoms with Crippen LogP contribution in [0.5, 0.6) is 0 Å². The fourth-order valence-electron chi connectivity index (χ4n) is 2.10. The maximum Gasteiger partial charge on any atom is 0.269 e. The molecule has 22 heavy (non-hydrogen) atoms. The van der Waals surface area contributed by atoms with E-state index < -0.39 is 4.92 Å². The Bertz CT molecular complexity index is 523. The molecule has 0 unspecified atom stereocenters. The van der Waals surface area contributed by atoms with Gasteiger partial charge < -0.3 is 10.6 Å². The number of hydrogen-bond acceptors (Lipinski definition) is 4. The normalized spacial score (nSPS) is 10.5. The van der Waals surface area contributed by atoms with Gasteiger partial charge in [0.25, 0.3) is 5.69 Å². The van der Waals surface area contributed by atoms with E-state index in [1.165, 1.54) is 18.2 Å². The molecule has 1 aromatic carbocycles. The first-order chi connectivity index (χ1) is 10.5. The number of hydrogen-bond donors (Lipinski definition) is 1. The molecule has 0 aromatic heterocycles. The summed E-state index contributed by atoms with van der Waals surface area (Å²) in [5.74, 6) is 0.00956. The van der Waals surface area contributed by atoms with Crippen LogP contribution >= 0.6 is 11.6 Å². The molecule has 1 aromatic rings.